The number of ether oxygens (including phenoxy) is 4. The molecule has 1 aliphatic rings. The zero-order valence-electron chi connectivity index (χ0n) is 13.9. The van der Waals surface area contributed by atoms with Gasteiger partial charge in [0.15, 0.2) is 11.5 Å². The molecule has 8 heteroatoms. The number of carbonyl (C=O) groups is 2. The minimum atomic E-state index is -0.882. The van der Waals surface area contributed by atoms with E-state index in [0.29, 0.717) is 22.6 Å². The molecule has 1 amide bonds. The van der Waals surface area contributed by atoms with Crippen molar-refractivity contribution in [2.24, 2.45) is 0 Å². The van der Waals surface area contributed by atoms with Crippen molar-refractivity contribution in [3.05, 3.63) is 17.2 Å². The van der Waals surface area contributed by atoms with Gasteiger partial charge in [0.2, 0.25) is 5.75 Å². The monoisotopic (exact) mass is 334 g/mol. The summed E-state index contributed by atoms with van der Waals surface area (Å²) < 4.78 is 20.5. The predicted molar refractivity (Wildman–Crippen MR) is 82.1 cm³/mol. The Labute approximate surface area is 139 Å². The Balaban J connectivity index is 2.53. The van der Waals surface area contributed by atoms with Crippen molar-refractivity contribution in [2.45, 2.75) is 12.5 Å². The van der Waals surface area contributed by atoms with E-state index in [1.54, 1.807) is 0 Å². The molecule has 0 spiro atoms. The summed E-state index contributed by atoms with van der Waals surface area (Å²) in [5.74, 6) is 0.0687. The number of methoxy groups -OCH3 is 4. The Morgan fingerprint density at radius 2 is 1.88 bits per heavy atom. The van der Waals surface area contributed by atoms with Crippen molar-refractivity contribution in [1.29, 1.82) is 5.26 Å². The maximum atomic E-state index is 12.7. The highest BCUT2D eigenvalue weighted by molar-refractivity contribution is 6.02. The second-order valence-corrected chi connectivity index (χ2v) is 4.96. The van der Waals surface area contributed by atoms with Gasteiger partial charge in [-0.25, -0.2) is 0 Å². The third-order valence-electron chi connectivity index (χ3n) is 3.85. The highest BCUT2D eigenvalue weighted by atomic mass is 16.5. The van der Waals surface area contributed by atoms with Gasteiger partial charge in [-0.15, -0.1) is 0 Å². The van der Waals surface area contributed by atoms with Gasteiger partial charge in [0.1, 0.15) is 6.04 Å². The normalized spacial score (nSPS) is 15.5. The lowest BCUT2D eigenvalue weighted by Gasteiger charge is -2.20. The van der Waals surface area contributed by atoms with E-state index in [-0.39, 0.29) is 24.6 Å². The molecule has 0 bridgehead atoms. The Hall–Kier alpha value is -2.95. The van der Waals surface area contributed by atoms with Crippen LogP contribution in [0.2, 0.25) is 0 Å². The van der Waals surface area contributed by atoms with Crippen LogP contribution in [0.1, 0.15) is 28.4 Å². The molecule has 8 nitrogen and oxygen atoms in total. The molecule has 1 aromatic carbocycles. The van der Waals surface area contributed by atoms with E-state index in [9.17, 15) is 14.9 Å². The summed E-state index contributed by atoms with van der Waals surface area (Å²) in [6, 6.07) is 2.72. The molecule has 0 N–H and O–H groups in total. The summed E-state index contributed by atoms with van der Waals surface area (Å²) in [4.78, 5) is 25.3. The van der Waals surface area contributed by atoms with Crippen molar-refractivity contribution in [1.82, 2.24) is 4.90 Å². The van der Waals surface area contributed by atoms with Crippen molar-refractivity contribution in [3.63, 3.8) is 0 Å². The molecule has 1 aliphatic heterocycles. The maximum Gasteiger partial charge on any atom is 0.307 e. The first kappa shape index (κ1) is 17.4. The van der Waals surface area contributed by atoms with E-state index in [0.717, 1.165) is 0 Å². The lowest BCUT2D eigenvalue weighted by molar-refractivity contribution is -0.140. The zero-order chi connectivity index (χ0) is 17.9. The highest BCUT2D eigenvalue weighted by Gasteiger charge is 2.41. The molecular weight excluding hydrogens is 316 g/mol. The van der Waals surface area contributed by atoms with E-state index in [1.165, 1.54) is 39.4 Å². The van der Waals surface area contributed by atoms with E-state index in [4.69, 9.17) is 14.2 Å². The zero-order valence-corrected chi connectivity index (χ0v) is 13.9. The van der Waals surface area contributed by atoms with Crippen molar-refractivity contribution >= 4 is 11.9 Å². The Morgan fingerprint density at radius 1 is 1.21 bits per heavy atom. The van der Waals surface area contributed by atoms with Crippen LogP contribution >= 0.6 is 0 Å². The van der Waals surface area contributed by atoms with Crippen LogP contribution in [-0.4, -0.2) is 51.8 Å². The number of nitriles is 1. The SMILES string of the molecule is COC(=O)CCN1C(=O)c2cc(OC)c(OC)c(OC)c2C1C#N. The molecule has 0 aromatic heterocycles. The largest absolute Gasteiger partial charge is 0.493 e. The summed E-state index contributed by atoms with van der Waals surface area (Å²) >= 11 is 0. The molecule has 1 heterocycles. The van der Waals surface area contributed by atoms with Crippen LogP contribution in [0.25, 0.3) is 0 Å². The van der Waals surface area contributed by atoms with Crippen LogP contribution in [-0.2, 0) is 9.53 Å². The standard InChI is InChI=1S/C16H18N2O6/c1-21-11-7-9-13(15(24-4)14(11)23-3)10(8-17)18(16(9)20)6-5-12(19)22-2/h7,10H,5-6H2,1-4H3. The summed E-state index contributed by atoms with van der Waals surface area (Å²) in [5.41, 5.74) is 0.702. The summed E-state index contributed by atoms with van der Waals surface area (Å²) in [7, 11) is 5.58. The molecule has 128 valence electrons. The average molecular weight is 334 g/mol. The van der Waals surface area contributed by atoms with Crippen LogP contribution in [0.15, 0.2) is 6.07 Å². The smallest absolute Gasteiger partial charge is 0.307 e. The Morgan fingerprint density at radius 3 is 2.38 bits per heavy atom. The molecule has 1 aromatic rings. The number of rotatable bonds is 6. The van der Waals surface area contributed by atoms with Gasteiger partial charge in [-0.2, -0.15) is 5.26 Å². The molecule has 0 saturated heterocycles. The van der Waals surface area contributed by atoms with E-state index in [2.05, 4.69) is 10.8 Å². The van der Waals surface area contributed by atoms with Gasteiger partial charge < -0.3 is 23.8 Å². The molecule has 1 unspecified atom stereocenters. The fraction of sp³-hybridized carbons (Fsp3) is 0.438. The number of carbonyl (C=O) groups excluding carboxylic acids is 2. The number of hydrogen-bond donors (Lipinski definition) is 0. The van der Waals surface area contributed by atoms with Crippen LogP contribution in [0.4, 0.5) is 0 Å². The summed E-state index contributed by atoms with van der Waals surface area (Å²) in [6.07, 6.45) is -0.00893. The minimum absolute atomic E-state index is 0.00893. The van der Waals surface area contributed by atoms with Crippen molar-refractivity contribution in [3.8, 4) is 23.3 Å². The first-order valence-electron chi connectivity index (χ1n) is 7.14. The number of esters is 1. The minimum Gasteiger partial charge on any atom is -0.493 e. The van der Waals surface area contributed by atoms with Gasteiger partial charge in [0.25, 0.3) is 5.91 Å². The number of benzene rings is 1. The van der Waals surface area contributed by atoms with Gasteiger partial charge in [0, 0.05) is 12.1 Å². The van der Waals surface area contributed by atoms with E-state index in [1.807, 2.05) is 0 Å². The number of hydrogen-bond acceptors (Lipinski definition) is 7. The Kier molecular flexibility index (Phi) is 5.14. The summed E-state index contributed by atoms with van der Waals surface area (Å²) in [5, 5.41) is 9.55. The molecular formula is C16H18N2O6. The molecule has 0 saturated carbocycles. The van der Waals surface area contributed by atoms with Crippen LogP contribution < -0.4 is 14.2 Å². The molecule has 0 radical (unpaired) electrons. The number of amides is 1. The van der Waals surface area contributed by atoms with E-state index >= 15 is 0 Å². The van der Waals surface area contributed by atoms with Gasteiger partial charge in [-0.1, -0.05) is 0 Å². The first-order chi connectivity index (χ1) is 11.5. The average Bonchev–Trinajstić information content (AvgIpc) is 2.88. The van der Waals surface area contributed by atoms with Gasteiger partial charge in [-0.3, -0.25) is 9.59 Å². The second-order valence-electron chi connectivity index (χ2n) is 4.96. The fourth-order valence-corrected chi connectivity index (χ4v) is 2.73. The van der Waals surface area contributed by atoms with Crippen LogP contribution in [0, 0.1) is 11.3 Å². The maximum absolute atomic E-state index is 12.7. The molecule has 2 rings (SSSR count). The number of nitrogens with zero attached hydrogens (tertiary/aromatic N) is 2. The van der Waals surface area contributed by atoms with Gasteiger partial charge >= 0.3 is 5.97 Å². The lowest BCUT2D eigenvalue weighted by Crippen LogP contribution is -2.30. The number of fused-ring (bicyclic) bond motifs is 1. The fourth-order valence-electron chi connectivity index (χ4n) is 2.73. The third kappa shape index (κ3) is 2.69. The lowest BCUT2D eigenvalue weighted by atomic mass is 10.0. The van der Waals surface area contributed by atoms with Crippen molar-refractivity contribution in [2.75, 3.05) is 35.0 Å². The van der Waals surface area contributed by atoms with Crippen molar-refractivity contribution < 1.29 is 28.5 Å². The quantitative estimate of drug-likeness (QED) is 0.723. The van der Waals surface area contributed by atoms with Crippen LogP contribution in [0.3, 0.4) is 0 Å². The van der Waals surface area contributed by atoms with Gasteiger partial charge in [-0.05, 0) is 6.07 Å². The highest BCUT2D eigenvalue weighted by Crippen LogP contribution is 2.49. The van der Waals surface area contributed by atoms with E-state index < -0.39 is 12.0 Å². The molecule has 0 aliphatic carbocycles. The molecule has 0 fully saturated rings. The predicted octanol–water partition coefficient (Wildman–Crippen LogP) is 1.30. The topological polar surface area (TPSA) is 98.1 Å². The second kappa shape index (κ2) is 7.08. The first-order valence-corrected chi connectivity index (χ1v) is 7.14. The molecule has 24 heavy (non-hydrogen) atoms. The molecule has 1 atom stereocenters. The van der Waals surface area contributed by atoms with Gasteiger partial charge in [0.05, 0.1) is 46.5 Å². The van der Waals surface area contributed by atoms with Crippen LogP contribution in [0.5, 0.6) is 17.2 Å². The Bertz CT molecular complexity index is 709. The third-order valence-corrected chi connectivity index (χ3v) is 3.85. The summed E-state index contributed by atoms with van der Waals surface area (Å²) in [6.45, 7) is 0.0617.